The summed E-state index contributed by atoms with van der Waals surface area (Å²) in [4.78, 5) is 21.5. The van der Waals surface area contributed by atoms with Crippen molar-refractivity contribution in [3.63, 3.8) is 0 Å². The van der Waals surface area contributed by atoms with Crippen LogP contribution in [-0.4, -0.2) is 10.8 Å². The fourth-order valence-corrected chi connectivity index (χ4v) is 2.50. The summed E-state index contributed by atoms with van der Waals surface area (Å²) in [6.07, 6.45) is 0. The predicted octanol–water partition coefficient (Wildman–Crippen LogP) is 3.81. The molecule has 0 aliphatic rings. The second-order valence-corrected chi connectivity index (χ2v) is 5.81. The number of hydrogen-bond acceptors (Lipinski definition) is 4. The van der Waals surface area contributed by atoms with Crippen molar-refractivity contribution in [3.8, 4) is 0 Å². The molecule has 0 saturated heterocycles. The third kappa shape index (κ3) is 3.15. The van der Waals surface area contributed by atoms with Crippen molar-refractivity contribution < 1.29 is 14.1 Å². The Hall–Kier alpha value is -1.80. The van der Waals surface area contributed by atoms with Crippen LogP contribution in [0.1, 0.15) is 10.4 Å². The van der Waals surface area contributed by atoms with E-state index in [1.807, 2.05) is 0 Å². The number of carbonyl (C=O) groups is 1. The summed E-state index contributed by atoms with van der Waals surface area (Å²) in [6, 6.07) is 4.81. The molecule has 2 aromatic rings. The molecule has 5 nitrogen and oxygen atoms in total. The minimum Gasteiger partial charge on any atom is -0.322 e. The molecule has 0 bridgehead atoms. The minimum atomic E-state index is -0.943. The van der Waals surface area contributed by atoms with E-state index in [9.17, 15) is 19.3 Å². The summed E-state index contributed by atoms with van der Waals surface area (Å²) < 4.78 is 13.9. The number of amides is 1. The topological polar surface area (TPSA) is 72.2 Å². The molecule has 0 saturated carbocycles. The summed E-state index contributed by atoms with van der Waals surface area (Å²) >= 11 is 4.57. The van der Waals surface area contributed by atoms with Gasteiger partial charge in [-0.1, -0.05) is 0 Å². The third-order valence-electron chi connectivity index (χ3n) is 2.23. The zero-order chi connectivity index (χ0) is 14.0. The number of nitrogens with zero attached hydrogens (tertiary/aromatic N) is 1. The lowest BCUT2D eigenvalue weighted by molar-refractivity contribution is -0.387. The monoisotopic (exact) mass is 344 g/mol. The molecule has 0 fully saturated rings. The second kappa shape index (κ2) is 5.45. The normalized spacial score (nSPS) is 10.2. The highest BCUT2D eigenvalue weighted by atomic mass is 79.9. The van der Waals surface area contributed by atoms with Gasteiger partial charge in [0.15, 0.2) is 0 Å². The van der Waals surface area contributed by atoms with E-state index < -0.39 is 22.3 Å². The number of anilines is 1. The summed E-state index contributed by atoms with van der Waals surface area (Å²) in [6.45, 7) is 0. The van der Waals surface area contributed by atoms with Crippen molar-refractivity contribution in [2.45, 2.75) is 0 Å². The van der Waals surface area contributed by atoms with Gasteiger partial charge in [0.05, 0.1) is 14.3 Å². The van der Waals surface area contributed by atoms with Crippen LogP contribution < -0.4 is 5.32 Å². The highest BCUT2D eigenvalue weighted by Gasteiger charge is 2.16. The fraction of sp³-hybridized carbons (Fsp3) is 0. The Labute approximate surface area is 119 Å². The van der Waals surface area contributed by atoms with Crippen molar-refractivity contribution in [3.05, 3.63) is 54.9 Å². The SMILES string of the molecule is O=C(Nc1ccc(F)c([N+](=O)[O-])c1)c1csc(Br)c1. The average molecular weight is 345 g/mol. The number of nitrogens with one attached hydrogen (secondary N) is 1. The van der Waals surface area contributed by atoms with Crippen LogP contribution in [0.25, 0.3) is 0 Å². The van der Waals surface area contributed by atoms with Gasteiger partial charge in [0.25, 0.3) is 5.91 Å². The van der Waals surface area contributed by atoms with E-state index in [4.69, 9.17) is 0 Å². The molecule has 0 spiro atoms. The Morgan fingerprint density at radius 2 is 2.16 bits per heavy atom. The first kappa shape index (κ1) is 13.6. The lowest BCUT2D eigenvalue weighted by atomic mass is 10.2. The Bertz CT molecular complexity index is 659. The van der Waals surface area contributed by atoms with E-state index in [2.05, 4.69) is 21.2 Å². The smallest absolute Gasteiger partial charge is 0.306 e. The van der Waals surface area contributed by atoms with Crippen LogP contribution in [0.5, 0.6) is 0 Å². The van der Waals surface area contributed by atoms with E-state index >= 15 is 0 Å². The predicted molar refractivity (Wildman–Crippen MR) is 73.0 cm³/mol. The molecule has 1 heterocycles. The Kier molecular flexibility index (Phi) is 3.91. The maximum atomic E-state index is 13.1. The zero-order valence-corrected chi connectivity index (χ0v) is 11.6. The van der Waals surface area contributed by atoms with Crippen molar-refractivity contribution >= 4 is 44.5 Å². The largest absolute Gasteiger partial charge is 0.322 e. The lowest BCUT2D eigenvalue weighted by Gasteiger charge is -2.03. The third-order valence-corrected chi connectivity index (χ3v) is 3.73. The molecule has 0 aliphatic carbocycles. The van der Waals surface area contributed by atoms with Crippen LogP contribution in [0.2, 0.25) is 0 Å². The van der Waals surface area contributed by atoms with Crippen molar-refractivity contribution in [1.82, 2.24) is 0 Å². The number of nitro benzene ring substituents is 1. The van der Waals surface area contributed by atoms with Gasteiger partial charge in [-0.25, -0.2) is 0 Å². The van der Waals surface area contributed by atoms with E-state index in [0.717, 1.165) is 15.9 Å². The van der Waals surface area contributed by atoms with Crippen LogP contribution in [0.15, 0.2) is 33.4 Å². The van der Waals surface area contributed by atoms with E-state index in [1.54, 1.807) is 11.4 Å². The molecule has 19 heavy (non-hydrogen) atoms. The minimum absolute atomic E-state index is 0.167. The molecular weight excluding hydrogens is 339 g/mol. The molecule has 0 aliphatic heterocycles. The number of carbonyl (C=O) groups excluding carboxylic acids is 1. The number of thiophene rings is 1. The molecule has 2 rings (SSSR count). The van der Waals surface area contributed by atoms with Gasteiger partial charge in [-0.15, -0.1) is 11.3 Å². The van der Waals surface area contributed by atoms with Gasteiger partial charge in [-0.2, -0.15) is 4.39 Å². The van der Waals surface area contributed by atoms with Crippen molar-refractivity contribution in [2.75, 3.05) is 5.32 Å². The van der Waals surface area contributed by atoms with E-state index in [-0.39, 0.29) is 5.69 Å². The summed E-state index contributed by atoms with van der Waals surface area (Å²) in [7, 11) is 0. The van der Waals surface area contributed by atoms with Crippen molar-refractivity contribution in [1.29, 1.82) is 0 Å². The van der Waals surface area contributed by atoms with Gasteiger partial charge in [0, 0.05) is 17.1 Å². The molecule has 1 amide bonds. The molecule has 8 heteroatoms. The van der Waals surface area contributed by atoms with Crippen LogP contribution in [0, 0.1) is 15.9 Å². The Morgan fingerprint density at radius 1 is 1.42 bits per heavy atom. The molecule has 1 N–H and O–H groups in total. The number of rotatable bonds is 3. The summed E-state index contributed by atoms with van der Waals surface area (Å²) in [5.41, 5.74) is -0.0893. The van der Waals surface area contributed by atoms with E-state index in [0.29, 0.717) is 5.56 Å². The Morgan fingerprint density at radius 3 is 2.74 bits per heavy atom. The average Bonchev–Trinajstić information content (AvgIpc) is 2.78. The first-order valence-electron chi connectivity index (χ1n) is 4.96. The van der Waals surface area contributed by atoms with Gasteiger partial charge < -0.3 is 5.32 Å². The summed E-state index contributed by atoms with van der Waals surface area (Å²) in [5, 5.41) is 14.7. The first-order chi connectivity index (χ1) is 8.97. The van der Waals surface area contributed by atoms with Crippen LogP contribution in [0.3, 0.4) is 0 Å². The first-order valence-corrected chi connectivity index (χ1v) is 6.64. The van der Waals surface area contributed by atoms with Crippen LogP contribution in [0.4, 0.5) is 15.8 Å². The van der Waals surface area contributed by atoms with Gasteiger partial charge in [0.2, 0.25) is 5.82 Å². The molecular formula is C11H6BrFN2O3S. The standard InChI is InChI=1S/C11H6BrFN2O3S/c12-10-3-6(5-19-10)11(16)14-7-1-2-8(13)9(4-7)15(17)18/h1-5H,(H,14,16). The lowest BCUT2D eigenvalue weighted by Crippen LogP contribution is -2.11. The molecule has 0 radical (unpaired) electrons. The highest BCUT2D eigenvalue weighted by molar-refractivity contribution is 9.11. The molecule has 98 valence electrons. The van der Waals surface area contributed by atoms with E-state index in [1.165, 1.54) is 17.4 Å². The molecule has 1 aromatic carbocycles. The maximum absolute atomic E-state index is 13.1. The van der Waals surface area contributed by atoms with Gasteiger partial charge in [-0.05, 0) is 34.1 Å². The number of hydrogen-bond donors (Lipinski definition) is 1. The quantitative estimate of drug-likeness (QED) is 0.679. The van der Waals surface area contributed by atoms with Gasteiger partial charge in [0.1, 0.15) is 0 Å². The zero-order valence-electron chi connectivity index (χ0n) is 9.22. The van der Waals surface area contributed by atoms with Crippen LogP contribution in [-0.2, 0) is 0 Å². The van der Waals surface area contributed by atoms with Gasteiger partial charge in [-0.3, -0.25) is 14.9 Å². The van der Waals surface area contributed by atoms with Gasteiger partial charge >= 0.3 is 5.69 Å². The Balaban J connectivity index is 2.22. The second-order valence-electron chi connectivity index (χ2n) is 3.52. The van der Waals surface area contributed by atoms with Crippen LogP contribution >= 0.6 is 27.3 Å². The fourth-order valence-electron chi connectivity index (χ4n) is 1.36. The van der Waals surface area contributed by atoms with Crippen molar-refractivity contribution in [2.24, 2.45) is 0 Å². The summed E-state index contributed by atoms with van der Waals surface area (Å²) in [5.74, 6) is -1.36. The number of benzene rings is 1. The molecule has 0 unspecified atom stereocenters. The highest BCUT2D eigenvalue weighted by Crippen LogP contribution is 2.24. The molecule has 0 atom stereocenters. The maximum Gasteiger partial charge on any atom is 0.306 e. The number of nitro groups is 1. The number of halogens is 2. The molecule has 1 aromatic heterocycles.